The first-order chi connectivity index (χ1) is 24.9. The van der Waals surface area contributed by atoms with Crippen LogP contribution >= 0.6 is 0 Å². The van der Waals surface area contributed by atoms with E-state index in [-0.39, 0.29) is 21.2 Å². The van der Waals surface area contributed by atoms with Crippen LogP contribution in [-0.4, -0.2) is 38.0 Å². The van der Waals surface area contributed by atoms with Crippen LogP contribution in [-0.2, 0) is 13.1 Å². The highest BCUT2D eigenvalue weighted by molar-refractivity contribution is 5.77. The number of nitro benzene ring substituents is 2. The van der Waals surface area contributed by atoms with E-state index in [4.69, 9.17) is 0 Å². The summed E-state index contributed by atoms with van der Waals surface area (Å²) in [5.74, 6) is 0. The molecule has 0 saturated heterocycles. The minimum atomic E-state index is -0.325. The molecule has 0 aliphatic rings. The van der Waals surface area contributed by atoms with Crippen molar-refractivity contribution in [3.05, 3.63) is 127 Å². The van der Waals surface area contributed by atoms with Crippen LogP contribution in [0.25, 0.3) is 24.3 Å². The monoisotopic (exact) mass is 706 g/mol. The summed E-state index contributed by atoms with van der Waals surface area (Å²) in [6.07, 6.45) is 25.8. The topological polar surface area (TPSA) is 101 Å². The number of rotatable bonds is 19. The van der Waals surface area contributed by atoms with Crippen molar-refractivity contribution in [2.45, 2.75) is 78.3 Å². The van der Waals surface area contributed by atoms with Crippen molar-refractivity contribution in [3.8, 4) is 0 Å². The number of unbranched alkanes of at least 4 members (excludes halogenated alkanes) is 7. The van der Waals surface area contributed by atoms with Crippen LogP contribution in [0.15, 0.2) is 73.3 Å². The largest absolute Gasteiger partial charge is 0.377 e. The molecule has 0 N–H and O–H groups in total. The predicted molar refractivity (Wildman–Crippen MR) is 212 cm³/mol. The second-order valence-corrected chi connectivity index (χ2v) is 13.9. The van der Waals surface area contributed by atoms with Crippen LogP contribution in [0.3, 0.4) is 0 Å². The maximum atomic E-state index is 11.6. The van der Waals surface area contributed by atoms with Crippen LogP contribution < -0.4 is 18.9 Å². The van der Waals surface area contributed by atoms with E-state index in [1.54, 1.807) is 24.3 Å². The van der Waals surface area contributed by atoms with Crippen molar-refractivity contribution in [3.63, 3.8) is 0 Å². The summed E-state index contributed by atoms with van der Waals surface area (Å²) in [4.78, 5) is 26.3. The number of aromatic nitrogens is 2. The van der Waals surface area contributed by atoms with Crippen molar-refractivity contribution in [1.82, 2.24) is 0 Å². The first-order valence-corrected chi connectivity index (χ1v) is 18.2. The Morgan fingerprint density at radius 3 is 1.21 bits per heavy atom. The van der Waals surface area contributed by atoms with E-state index in [9.17, 15) is 20.2 Å². The maximum absolute atomic E-state index is 11.6. The first kappa shape index (κ1) is 39.4. The highest BCUT2D eigenvalue weighted by atomic mass is 16.6. The Morgan fingerprint density at radius 1 is 0.538 bits per heavy atom. The van der Waals surface area contributed by atoms with Gasteiger partial charge in [-0.1, -0.05) is 37.8 Å². The molecule has 10 nitrogen and oxygen atoms in total. The zero-order valence-electron chi connectivity index (χ0n) is 31.6. The molecular formula is C42H54N6O4+2. The van der Waals surface area contributed by atoms with Gasteiger partial charge in [0, 0.05) is 87.8 Å². The molecule has 0 amide bonds. The molecule has 52 heavy (non-hydrogen) atoms. The summed E-state index contributed by atoms with van der Waals surface area (Å²) in [5.41, 5.74) is 7.40. The van der Waals surface area contributed by atoms with Crippen LogP contribution in [0.1, 0.15) is 84.7 Å². The minimum absolute atomic E-state index is 0.105. The van der Waals surface area contributed by atoms with Gasteiger partial charge < -0.3 is 9.80 Å². The smallest absolute Gasteiger partial charge is 0.278 e. The lowest BCUT2D eigenvalue weighted by atomic mass is 10.1. The second-order valence-electron chi connectivity index (χ2n) is 13.9. The molecule has 0 atom stereocenters. The van der Waals surface area contributed by atoms with Gasteiger partial charge in [0.05, 0.1) is 21.0 Å². The van der Waals surface area contributed by atoms with Gasteiger partial charge in [0.15, 0.2) is 24.8 Å². The summed E-state index contributed by atoms with van der Waals surface area (Å²) < 4.78 is 4.47. The number of aryl methyl sites for hydroxylation is 4. The number of hydrogen-bond donors (Lipinski definition) is 0. The van der Waals surface area contributed by atoms with Gasteiger partial charge in [-0.3, -0.25) is 20.2 Å². The number of nitrogens with zero attached hydrogens (tertiary/aromatic N) is 6. The summed E-state index contributed by atoms with van der Waals surface area (Å²) in [6.45, 7) is 6.13. The quantitative estimate of drug-likeness (QED) is 0.0418. The van der Waals surface area contributed by atoms with E-state index in [0.29, 0.717) is 11.1 Å². The fraction of sp³-hybridized carbons (Fsp3) is 0.381. The highest BCUT2D eigenvalue weighted by Crippen LogP contribution is 2.28. The van der Waals surface area contributed by atoms with Gasteiger partial charge in [0.2, 0.25) is 0 Å². The molecule has 0 spiro atoms. The molecule has 274 valence electrons. The zero-order chi connectivity index (χ0) is 37.6. The van der Waals surface area contributed by atoms with Crippen molar-refractivity contribution >= 4 is 47.1 Å². The molecule has 0 radical (unpaired) electrons. The lowest BCUT2D eigenvalue weighted by molar-refractivity contribution is -0.697. The van der Waals surface area contributed by atoms with Crippen LogP contribution in [0.4, 0.5) is 22.7 Å². The van der Waals surface area contributed by atoms with Crippen molar-refractivity contribution in [2.75, 3.05) is 38.0 Å². The number of benzene rings is 2. The predicted octanol–water partition coefficient (Wildman–Crippen LogP) is 8.99. The van der Waals surface area contributed by atoms with E-state index in [1.165, 1.54) is 38.5 Å². The lowest BCUT2D eigenvalue weighted by Gasteiger charge is -2.12. The number of hydrogen-bond acceptors (Lipinski definition) is 6. The molecule has 0 fully saturated rings. The van der Waals surface area contributed by atoms with E-state index < -0.39 is 0 Å². The van der Waals surface area contributed by atoms with Crippen molar-refractivity contribution in [2.24, 2.45) is 0 Å². The minimum Gasteiger partial charge on any atom is -0.377 e. The van der Waals surface area contributed by atoms with Gasteiger partial charge in [-0.05, 0) is 74.2 Å². The summed E-state index contributed by atoms with van der Waals surface area (Å²) >= 11 is 0. The summed E-state index contributed by atoms with van der Waals surface area (Å²) in [6, 6.07) is 14.8. The fourth-order valence-corrected chi connectivity index (χ4v) is 6.23. The molecule has 4 aromatic rings. The Morgan fingerprint density at radius 2 is 0.885 bits per heavy atom. The fourth-order valence-electron chi connectivity index (χ4n) is 6.23. The van der Waals surface area contributed by atoms with Crippen LogP contribution in [0.5, 0.6) is 0 Å². The van der Waals surface area contributed by atoms with Crippen LogP contribution in [0.2, 0.25) is 0 Å². The van der Waals surface area contributed by atoms with E-state index in [0.717, 1.165) is 59.6 Å². The number of pyridine rings is 2. The molecule has 10 heteroatoms. The van der Waals surface area contributed by atoms with Gasteiger partial charge in [-0.25, -0.2) is 9.13 Å². The van der Waals surface area contributed by atoms with Gasteiger partial charge in [-0.2, -0.15) is 0 Å². The average Bonchev–Trinajstić information content (AvgIpc) is 3.11. The maximum Gasteiger partial charge on any atom is 0.278 e. The third-order valence-electron chi connectivity index (χ3n) is 9.44. The third-order valence-corrected chi connectivity index (χ3v) is 9.44. The third kappa shape index (κ3) is 11.6. The Balaban J connectivity index is 1.12. The lowest BCUT2D eigenvalue weighted by Crippen LogP contribution is -2.33. The molecule has 0 aliphatic heterocycles. The molecule has 2 aromatic heterocycles. The van der Waals surface area contributed by atoms with Crippen LogP contribution in [0, 0.1) is 34.1 Å². The summed E-state index contributed by atoms with van der Waals surface area (Å²) in [7, 11) is 7.49. The highest BCUT2D eigenvalue weighted by Gasteiger charge is 2.15. The van der Waals surface area contributed by atoms with Gasteiger partial charge in [0.25, 0.3) is 11.4 Å². The standard InChI is InChI=1S/C42H54N6O4/c1-33-31-45(27-23-35(33)15-17-37-19-21-39(43(3)4)29-41(37)47(49)50)25-13-11-9-7-8-10-12-14-26-46-28-24-36(34(2)32-46)16-18-38-20-22-40(44(5)6)30-42(38)48(51)52/h15-24,27-32H,7-14,25-26H2,1-6H3/q+2. The van der Waals surface area contributed by atoms with Crippen molar-refractivity contribution < 1.29 is 19.0 Å². The molecule has 0 aliphatic carbocycles. The molecule has 4 rings (SSSR count). The molecule has 2 aromatic carbocycles. The van der Waals surface area contributed by atoms with Gasteiger partial charge in [-0.15, -0.1) is 0 Å². The Bertz CT molecular complexity index is 1760. The average molecular weight is 707 g/mol. The Labute approximate surface area is 308 Å². The normalized spacial score (nSPS) is 11.4. The molecule has 0 unspecified atom stereocenters. The molecule has 0 bridgehead atoms. The molecule has 0 saturated carbocycles. The number of nitro groups is 2. The van der Waals surface area contributed by atoms with Gasteiger partial charge in [0.1, 0.15) is 13.1 Å². The second kappa shape index (κ2) is 19.3. The molecule has 2 heterocycles. The van der Waals surface area contributed by atoms with Gasteiger partial charge >= 0.3 is 0 Å². The van der Waals surface area contributed by atoms with E-state index >= 15 is 0 Å². The summed E-state index contributed by atoms with van der Waals surface area (Å²) in [5, 5.41) is 23.3. The molecular weight excluding hydrogens is 653 g/mol. The first-order valence-electron chi connectivity index (χ1n) is 18.2. The SMILES string of the molecule is Cc1c[n+](CCCCCCCCCC[n+]2ccc(/C=C/c3ccc(N(C)C)cc3[N+](=O)[O-])c(C)c2)ccc1/C=C/c1ccc(N(C)C)cc1[N+](=O)[O-]. The number of anilines is 2. The zero-order valence-corrected chi connectivity index (χ0v) is 31.6. The van der Waals surface area contributed by atoms with Crippen molar-refractivity contribution in [1.29, 1.82) is 0 Å². The van der Waals surface area contributed by atoms with E-state index in [2.05, 4.69) is 59.9 Å². The Kier molecular flexibility index (Phi) is 14.6. The van der Waals surface area contributed by atoms with E-state index in [1.807, 2.05) is 74.4 Å². The Hall–Kier alpha value is -5.38.